The Kier molecular flexibility index (Phi) is 7.03. The summed E-state index contributed by atoms with van der Waals surface area (Å²) in [4.78, 5) is 25.8. The molecule has 1 fully saturated rings. The molecule has 2 rings (SSSR count). The molecule has 1 aliphatic heterocycles. The predicted octanol–water partition coefficient (Wildman–Crippen LogP) is 0.450. The SMILES string of the molecule is Cc1ccccc1CNC(=O)C(=O)NCCCN1CCOCC1. The van der Waals surface area contributed by atoms with Gasteiger partial charge in [0.25, 0.3) is 0 Å². The minimum Gasteiger partial charge on any atom is -0.379 e. The van der Waals surface area contributed by atoms with Gasteiger partial charge in [-0.1, -0.05) is 24.3 Å². The Morgan fingerprint density at radius 2 is 1.83 bits per heavy atom. The Labute approximate surface area is 137 Å². The lowest BCUT2D eigenvalue weighted by molar-refractivity contribution is -0.139. The topological polar surface area (TPSA) is 70.7 Å². The van der Waals surface area contributed by atoms with Crippen molar-refractivity contribution in [1.29, 1.82) is 0 Å². The first-order valence-corrected chi connectivity index (χ1v) is 8.07. The fourth-order valence-electron chi connectivity index (χ4n) is 2.47. The zero-order valence-corrected chi connectivity index (χ0v) is 13.6. The number of carbonyl (C=O) groups excluding carboxylic acids is 2. The van der Waals surface area contributed by atoms with Gasteiger partial charge in [-0.15, -0.1) is 0 Å². The summed E-state index contributed by atoms with van der Waals surface area (Å²) in [6, 6.07) is 7.78. The largest absolute Gasteiger partial charge is 0.379 e. The minimum atomic E-state index is -0.584. The van der Waals surface area contributed by atoms with Gasteiger partial charge in [0.05, 0.1) is 13.2 Å². The van der Waals surface area contributed by atoms with Crippen LogP contribution in [0, 0.1) is 6.92 Å². The second kappa shape index (κ2) is 9.27. The summed E-state index contributed by atoms with van der Waals surface area (Å²) in [7, 11) is 0. The predicted molar refractivity (Wildman–Crippen MR) is 87.9 cm³/mol. The number of ether oxygens (including phenoxy) is 1. The quantitative estimate of drug-likeness (QED) is 0.590. The highest BCUT2D eigenvalue weighted by Crippen LogP contribution is 2.05. The van der Waals surface area contributed by atoms with Gasteiger partial charge in [-0.2, -0.15) is 0 Å². The third kappa shape index (κ3) is 6.00. The van der Waals surface area contributed by atoms with Crippen LogP contribution in [0.5, 0.6) is 0 Å². The maximum atomic E-state index is 11.8. The van der Waals surface area contributed by atoms with Crippen LogP contribution in [0.2, 0.25) is 0 Å². The number of amides is 2. The molecule has 0 bridgehead atoms. The molecule has 1 aromatic carbocycles. The highest BCUT2D eigenvalue weighted by atomic mass is 16.5. The summed E-state index contributed by atoms with van der Waals surface area (Å²) in [6.45, 7) is 7.18. The number of carbonyl (C=O) groups is 2. The van der Waals surface area contributed by atoms with E-state index in [1.54, 1.807) is 0 Å². The summed E-state index contributed by atoms with van der Waals surface area (Å²) in [5.41, 5.74) is 2.11. The summed E-state index contributed by atoms with van der Waals surface area (Å²) in [6.07, 6.45) is 0.830. The molecule has 1 saturated heterocycles. The molecule has 0 spiro atoms. The van der Waals surface area contributed by atoms with Gasteiger partial charge in [0.1, 0.15) is 0 Å². The standard InChI is InChI=1S/C17H25N3O3/c1-14-5-2-3-6-15(14)13-19-17(22)16(21)18-7-4-8-20-9-11-23-12-10-20/h2-3,5-6H,4,7-13H2,1H3,(H,18,21)(H,19,22). The van der Waals surface area contributed by atoms with Crippen molar-refractivity contribution in [3.8, 4) is 0 Å². The van der Waals surface area contributed by atoms with Crippen molar-refractivity contribution in [2.24, 2.45) is 0 Å². The van der Waals surface area contributed by atoms with Gasteiger partial charge in [0.15, 0.2) is 0 Å². The Hall–Kier alpha value is -1.92. The number of nitrogens with zero attached hydrogens (tertiary/aromatic N) is 1. The van der Waals surface area contributed by atoms with Gasteiger partial charge >= 0.3 is 11.8 Å². The van der Waals surface area contributed by atoms with E-state index < -0.39 is 11.8 Å². The fraction of sp³-hybridized carbons (Fsp3) is 0.529. The van der Waals surface area contributed by atoms with Gasteiger partial charge in [-0.05, 0) is 31.0 Å². The molecule has 0 atom stereocenters. The lowest BCUT2D eigenvalue weighted by Crippen LogP contribution is -2.41. The monoisotopic (exact) mass is 319 g/mol. The van der Waals surface area contributed by atoms with Crippen LogP contribution in [0.15, 0.2) is 24.3 Å². The minimum absolute atomic E-state index is 0.368. The van der Waals surface area contributed by atoms with Crippen LogP contribution in [-0.2, 0) is 20.9 Å². The van der Waals surface area contributed by atoms with Gasteiger partial charge in [0.2, 0.25) is 0 Å². The second-order valence-corrected chi connectivity index (χ2v) is 5.67. The molecule has 23 heavy (non-hydrogen) atoms. The van der Waals surface area contributed by atoms with Crippen molar-refractivity contribution in [2.75, 3.05) is 39.4 Å². The molecule has 6 heteroatoms. The number of nitrogens with one attached hydrogen (secondary N) is 2. The van der Waals surface area contributed by atoms with Crippen LogP contribution in [0.1, 0.15) is 17.5 Å². The summed E-state index contributed by atoms with van der Waals surface area (Å²) < 4.78 is 5.28. The molecule has 2 N–H and O–H groups in total. The molecular formula is C17H25N3O3. The average Bonchev–Trinajstić information content (AvgIpc) is 2.58. The number of hydrogen-bond acceptors (Lipinski definition) is 4. The number of benzene rings is 1. The van der Waals surface area contributed by atoms with Gasteiger partial charge in [-0.25, -0.2) is 0 Å². The van der Waals surface area contributed by atoms with Crippen LogP contribution in [0.25, 0.3) is 0 Å². The average molecular weight is 319 g/mol. The zero-order chi connectivity index (χ0) is 16.5. The van der Waals surface area contributed by atoms with E-state index in [1.165, 1.54) is 0 Å². The van der Waals surface area contributed by atoms with E-state index in [-0.39, 0.29) is 0 Å². The van der Waals surface area contributed by atoms with Crippen molar-refractivity contribution >= 4 is 11.8 Å². The first kappa shape index (κ1) is 17.4. The van der Waals surface area contributed by atoms with E-state index in [4.69, 9.17) is 4.74 Å². The number of aryl methyl sites for hydroxylation is 1. The number of rotatable bonds is 6. The first-order valence-electron chi connectivity index (χ1n) is 8.07. The molecule has 1 aromatic rings. The molecular weight excluding hydrogens is 294 g/mol. The van der Waals surface area contributed by atoms with E-state index in [9.17, 15) is 9.59 Å². The lowest BCUT2D eigenvalue weighted by Gasteiger charge is -2.26. The van der Waals surface area contributed by atoms with E-state index in [0.717, 1.165) is 50.4 Å². The molecule has 0 saturated carbocycles. The van der Waals surface area contributed by atoms with Crippen LogP contribution < -0.4 is 10.6 Å². The second-order valence-electron chi connectivity index (χ2n) is 5.67. The van der Waals surface area contributed by atoms with Crippen molar-refractivity contribution in [3.63, 3.8) is 0 Å². The highest BCUT2D eigenvalue weighted by Gasteiger charge is 2.13. The van der Waals surface area contributed by atoms with Crippen molar-refractivity contribution < 1.29 is 14.3 Å². The van der Waals surface area contributed by atoms with Crippen molar-refractivity contribution in [1.82, 2.24) is 15.5 Å². The smallest absolute Gasteiger partial charge is 0.309 e. The molecule has 0 unspecified atom stereocenters. The Morgan fingerprint density at radius 1 is 1.13 bits per heavy atom. The fourth-order valence-corrected chi connectivity index (χ4v) is 2.47. The molecule has 1 aliphatic rings. The number of morpholine rings is 1. The third-order valence-corrected chi connectivity index (χ3v) is 3.95. The van der Waals surface area contributed by atoms with Crippen LogP contribution in [-0.4, -0.2) is 56.1 Å². The van der Waals surface area contributed by atoms with E-state index in [1.807, 2.05) is 31.2 Å². The van der Waals surface area contributed by atoms with Crippen LogP contribution in [0.4, 0.5) is 0 Å². The normalized spacial score (nSPS) is 15.2. The molecule has 0 aliphatic carbocycles. The molecule has 126 valence electrons. The van der Waals surface area contributed by atoms with Gasteiger partial charge in [-0.3, -0.25) is 14.5 Å². The Bertz CT molecular complexity index is 528. The summed E-state index contributed by atoms with van der Waals surface area (Å²) in [5.74, 6) is -1.15. The molecule has 2 amide bonds. The van der Waals surface area contributed by atoms with Crippen LogP contribution in [0.3, 0.4) is 0 Å². The zero-order valence-electron chi connectivity index (χ0n) is 13.6. The molecule has 0 aromatic heterocycles. The molecule has 1 heterocycles. The maximum Gasteiger partial charge on any atom is 0.309 e. The van der Waals surface area contributed by atoms with Gasteiger partial charge < -0.3 is 15.4 Å². The van der Waals surface area contributed by atoms with Crippen LogP contribution >= 0.6 is 0 Å². The lowest BCUT2D eigenvalue weighted by atomic mass is 10.1. The maximum absolute atomic E-state index is 11.8. The van der Waals surface area contributed by atoms with E-state index >= 15 is 0 Å². The van der Waals surface area contributed by atoms with E-state index in [2.05, 4.69) is 15.5 Å². The van der Waals surface area contributed by atoms with Gasteiger partial charge in [0, 0.05) is 26.2 Å². The molecule has 0 radical (unpaired) electrons. The summed E-state index contributed by atoms with van der Waals surface area (Å²) in [5, 5.41) is 5.32. The number of hydrogen-bond donors (Lipinski definition) is 2. The van der Waals surface area contributed by atoms with Crippen molar-refractivity contribution in [3.05, 3.63) is 35.4 Å². The Morgan fingerprint density at radius 3 is 2.57 bits per heavy atom. The Balaban J connectivity index is 1.61. The van der Waals surface area contributed by atoms with Crippen molar-refractivity contribution in [2.45, 2.75) is 19.9 Å². The first-order chi connectivity index (χ1) is 11.2. The third-order valence-electron chi connectivity index (χ3n) is 3.95. The summed E-state index contributed by atoms with van der Waals surface area (Å²) >= 11 is 0. The highest BCUT2D eigenvalue weighted by molar-refractivity contribution is 6.35. The molecule has 6 nitrogen and oxygen atoms in total. The van der Waals surface area contributed by atoms with E-state index in [0.29, 0.717) is 13.1 Å².